The molecule has 0 aliphatic heterocycles. The van der Waals surface area contributed by atoms with Crippen LogP contribution in [0.15, 0.2) is 146 Å². The van der Waals surface area contributed by atoms with Gasteiger partial charge in [0.25, 0.3) is 0 Å². The van der Waals surface area contributed by atoms with E-state index in [9.17, 15) is 0 Å². The molecule has 0 aliphatic carbocycles. The number of thiophene rings is 1. The Morgan fingerprint density at radius 1 is 0.342 bits per heavy atom. The summed E-state index contributed by atoms with van der Waals surface area (Å²) in [6.45, 7) is 0. The standard InChI is InChI=1S/C36H25NS/c1-2-8-25(9-3-1)27-10-6-11-28(22-27)29-12-7-13-32(23-29)37-31-19-16-26(17-20-31)30-18-21-36-34(24-30)33-14-4-5-15-35(33)38-36/h1-24,37H. The molecule has 7 rings (SSSR count). The Kier molecular flexibility index (Phi) is 5.73. The van der Waals surface area contributed by atoms with Crippen LogP contribution in [0.3, 0.4) is 0 Å². The minimum atomic E-state index is 1.07. The van der Waals surface area contributed by atoms with Crippen LogP contribution in [0.1, 0.15) is 0 Å². The van der Waals surface area contributed by atoms with Gasteiger partial charge in [0.1, 0.15) is 0 Å². The Hall–Kier alpha value is -4.66. The Morgan fingerprint density at radius 2 is 0.921 bits per heavy atom. The fraction of sp³-hybridized carbons (Fsp3) is 0. The van der Waals surface area contributed by atoms with Gasteiger partial charge in [0.2, 0.25) is 0 Å². The summed E-state index contributed by atoms with van der Waals surface area (Å²) < 4.78 is 2.68. The monoisotopic (exact) mass is 503 g/mol. The number of rotatable bonds is 5. The van der Waals surface area contributed by atoms with E-state index in [1.54, 1.807) is 0 Å². The average Bonchev–Trinajstić information content (AvgIpc) is 3.36. The zero-order valence-electron chi connectivity index (χ0n) is 20.8. The van der Waals surface area contributed by atoms with E-state index in [2.05, 4.69) is 151 Å². The minimum absolute atomic E-state index is 1.07. The molecule has 1 aromatic heterocycles. The molecular weight excluding hydrogens is 478 g/mol. The van der Waals surface area contributed by atoms with Gasteiger partial charge in [0.15, 0.2) is 0 Å². The molecule has 0 radical (unpaired) electrons. The summed E-state index contributed by atoms with van der Waals surface area (Å²) in [6, 6.07) is 52.1. The molecule has 1 N–H and O–H groups in total. The second-order valence-electron chi connectivity index (χ2n) is 9.54. The Labute approximate surface area is 226 Å². The van der Waals surface area contributed by atoms with Crippen molar-refractivity contribution in [3.05, 3.63) is 146 Å². The van der Waals surface area contributed by atoms with Gasteiger partial charge in [-0.2, -0.15) is 0 Å². The number of hydrogen-bond acceptors (Lipinski definition) is 2. The van der Waals surface area contributed by atoms with Gasteiger partial charge in [0, 0.05) is 31.5 Å². The van der Waals surface area contributed by atoms with E-state index >= 15 is 0 Å². The summed E-state index contributed by atoms with van der Waals surface area (Å²) in [6.07, 6.45) is 0. The number of benzene rings is 6. The molecule has 0 aliphatic rings. The molecule has 0 atom stereocenters. The van der Waals surface area contributed by atoms with E-state index in [1.807, 2.05) is 11.3 Å². The Morgan fingerprint density at radius 3 is 1.76 bits per heavy atom. The van der Waals surface area contributed by atoms with Gasteiger partial charge in [-0.1, -0.05) is 97.1 Å². The van der Waals surface area contributed by atoms with Gasteiger partial charge in [0.05, 0.1) is 0 Å². The average molecular weight is 504 g/mol. The van der Waals surface area contributed by atoms with E-state index in [0.717, 1.165) is 11.4 Å². The molecule has 7 aromatic rings. The predicted molar refractivity (Wildman–Crippen MR) is 165 cm³/mol. The molecule has 0 saturated heterocycles. The van der Waals surface area contributed by atoms with Crippen molar-refractivity contribution < 1.29 is 0 Å². The maximum atomic E-state index is 3.59. The first-order chi connectivity index (χ1) is 18.8. The van der Waals surface area contributed by atoms with Crippen LogP contribution in [-0.4, -0.2) is 0 Å². The summed E-state index contributed by atoms with van der Waals surface area (Å²) in [5.74, 6) is 0. The highest BCUT2D eigenvalue weighted by atomic mass is 32.1. The summed E-state index contributed by atoms with van der Waals surface area (Å²) in [4.78, 5) is 0. The molecule has 180 valence electrons. The molecule has 0 bridgehead atoms. The summed E-state index contributed by atoms with van der Waals surface area (Å²) in [5.41, 5.74) is 9.48. The highest BCUT2D eigenvalue weighted by Crippen LogP contribution is 2.36. The summed E-state index contributed by atoms with van der Waals surface area (Å²) in [7, 11) is 0. The third-order valence-electron chi connectivity index (χ3n) is 7.05. The quantitative estimate of drug-likeness (QED) is 0.246. The number of hydrogen-bond donors (Lipinski definition) is 1. The van der Waals surface area contributed by atoms with Crippen LogP contribution in [0, 0.1) is 0 Å². The van der Waals surface area contributed by atoms with Crippen LogP contribution in [-0.2, 0) is 0 Å². The first-order valence-electron chi connectivity index (χ1n) is 12.8. The second-order valence-corrected chi connectivity index (χ2v) is 10.6. The van der Waals surface area contributed by atoms with Gasteiger partial charge in [-0.3, -0.25) is 0 Å². The molecule has 1 heterocycles. The predicted octanol–water partition coefficient (Wildman–Crippen LogP) is 10.8. The van der Waals surface area contributed by atoms with Crippen LogP contribution in [0.25, 0.3) is 53.6 Å². The second kappa shape index (κ2) is 9.66. The minimum Gasteiger partial charge on any atom is -0.356 e. The molecule has 1 nitrogen and oxygen atoms in total. The van der Waals surface area contributed by atoms with E-state index in [4.69, 9.17) is 0 Å². The number of nitrogens with one attached hydrogen (secondary N) is 1. The number of fused-ring (bicyclic) bond motifs is 3. The zero-order valence-corrected chi connectivity index (χ0v) is 21.6. The highest BCUT2D eigenvalue weighted by molar-refractivity contribution is 7.25. The van der Waals surface area contributed by atoms with Crippen molar-refractivity contribution in [2.45, 2.75) is 0 Å². The van der Waals surface area contributed by atoms with Gasteiger partial charge < -0.3 is 5.32 Å². The van der Waals surface area contributed by atoms with Crippen LogP contribution in [0.4, 0.5) is 11.4 Å². The lowest BCUT2D eigenvalue weighted by molar-refractivity contribution is 1.53. The molecule has 6 aromatic carbocycles. The summed E-state index contributed by atoms with van der Waals surface area (Å²) >= 11 is 1.86. The van der Waals surface area contributed by atoms with Crippen LogP contribution < -0.4 is 5.32 Å². The third-order valence-corrected chi connectivity index (χ3v) is 8.20. The Balaban J connectivity index is 1.13. The fourth-order valence-electron chi connectivity index (χ4n) is 5.10. The van der Waals surface area contributed by atoms with Crippen molar-refractivity contribution in [2.24, 2.45) is 0 Å². The molecule has 0 unspecified atom stereocenters. The van der Waals surface area contributed by atoms with Crippen molar-refractivity contribution in [3.63, 3.8) is 0 Å². The molecule has 38 heavy (non-hydrogen) atoms. The van der Waals surface area contributed by atoms with E-state index < -0.39 is 0 Å². The van der Waals surface area contributed by atoms with E-state index in [0.29, 0.717) is 0 Å². The van der Waals surface area contributed by atoms with E-state index in [-0.39, 0.29) is 0 Å². The van der Waals surface area contributed by atoms with Crippen LogP contribution >= 0.6 is 11.3 Å². The van der Waals surface area contributed by atoms with Gasteiger partial charge in [-0.25, -0.2) is 0 Å². The molecular formula is C36H25NS. The molecule has 0 saturated carbocycles. The molecule has 0 spiro atoms. The van der Waals surface area contributed by atoms with Gasteiger partial charge in [-0.15, -0.1) is 11.3 Å². The normalized spacial score (nSPS) is 11.2. The lowest BCUT2D eigenvalue weighted by atomic mass is 9.99. The van der Waals surface area contributed by atoms with Crippen molar-refractivity contribution in [2.75, 3.05) is 5.32 Å². The largest absolute Gasteiger partial charge is 0.356 e. The topological polar surface area (TPSA) is 12.0 Å². The van der Waals surface area contributed by atoms with Crippen LogP contribution in [0.5, 0.6) is 0 Å². The zero-order chi connectivity index (χ0) is 25.3. The van der Waals surface area contributed by atoms with Crippen molar-refractivity contribution in [1.82, 2.24) is 0 Å². The van der Waals surface area contributed by atoms with Crippen LogP contribution in [0.2, 0.25) is 0 Å². The van der Waals surface area contributed by atoms with E-state index in [1.165, 1.54) is 53.6 Å². The SMILES string of the molecule is c1ccc(-c2cccc(-c3cccc(Nc4ccc(-c5ccc6sc7ccccc7c6c5)cc4)c3)c2)cc1. The third kappa shape index (κ3) is 4.36. The highest BCUT2D eigenvalue weighted by Gasteiger charge is 2.07. The lowest BCUT2D eigenvalue weighted by Crippen LogP contribution is -1.91. The smallest absolute Gasteiger partial charge is 0.0390 e. The summed E-state index contributed by atoms with van der Waals surface area (Å²) in [5, 5.41) is 6.26. The maximum absolute atomic E-state index is 3.59. The first kappa shape index (κ1) is 22.5. The molecule has 0 amide bonds. The van der Waals surface area contributed by atoms with Crippen molar-refractivity contribution in [3.8, 4) is 33.4 Å². The Bertz CT molecular complexity index is 1880. The molecule has 2 heteroatoms. The van der Waals surface area contributed by atoms with Crippen molar-refractivity contribution >= 4 is 42.9 Å². The van der Waals surface area contributed by atoms with Gasteiger partial charge >= 0.3 is 0 Å². The molecule has 0 fully saturated rings. The lowest BCUT2D eigenvalue weighted by Gasteiger charge is -2.11. The van der Waals surface area contributed by atoms with Gasteiger partial charge in [-0.05, 0) is 81.9 Å². The fourth-order valence-corrected chi connectivity index (χ4v) is 6.19. The maximum Gasteiger partial charge on any atom is 0.0390 e. The number of anilines is 2. The first-order valence-corrected chi connectivity index (χ1v) is 13.7. The van der Waals surface area contributed by atoms with Crippen molar-refractivity contribution in [1.29, 1.82) is 0 Å².